The van der Waals surface area contributed by atoms with Crippen LogP contribution >= 0.6 is 0 Å². The molecule has 0 unspecified atom stereocenters. The van der Waals surface area contributed by atoms with Gasteiger partial charge in [0.1, 0.15) is 11.6 Å². The number of nitrogens with one attached hydrogen (secondary N) is 1. The van der Waals surface area contributed by atoms with Crippen LogP contribution in [-0.2, 0) is 4.79 Å². The molecule has 6 heteroatoms. The molecule has 1 aromatic carbocycles. The number of nitrogens with zero attached hydrogens (tertiary/aromatic N) is 2. The van der Waals surface area contributed by atoms with Gasteiger partial charge in [-0.05, 0) is 69.2 Å². The van der Waals surface area contributed by atoms with E-state index in [4.69, 9.17) is 10.5 Å². The lowest BCUT2D eigenvalue weighted by Crippen LogP contribution is -2.39. The molecule has 1 aliphatic heterocycles. The second kappa shape index (κ2) is 8.16. The Morgan fingerprint density at radius 2 is 2.12 bits per heavy atom. The average Bonchev–Trinajstić information content (AvgIpc) is 2.65. The van der Waals surface area contributed by atoms with Crippen molar-refractivity contribution in [1.82, 2.24) is 9.88 Å². The molecule has 1 amide bonds. The number of aromatic nitrogens is 1. The van der Waals surface area contributed by atoms with Gasteiger partial charge in [0.25, 0.3) is 0 Å². The first-order valence-corrected chi connectivity index (χ1v) is 8.86. The normalized spacial score (nSPS) is 16.0. The number of pyridine rings is 1. The molecule has 0 aliphatic carbocycles. The van der Waals surface area contributed by atoms with Crippen molar-refractivity contribution in [2.75, 3.05) is 38.6 Å². The minimum absolute atomic E-state index is 0.0646. The zero-order chi connectivity index (χ0) is 17.6. The molecule has 1 aromatic heterocycles. The maximum Gasteiger partial charge on any atom is 0.220 e. The van der Waals surface area contributed by atoms with E-state index in [2.05, 4.69) is 21.3 Å². The van der Waals surface area contributed by atoms with Gasteiger partial charge < -0.3 is 20.7 Å². The summed E-state index contributed by atoms with van der Waals surface area (Å²) in [5.41, 5.74) is 6.33. The maximum atomic E-state index is 11.2. The molecule has 0 bridgehead atoms. The number of carbonyl (C=O) groups excluding carboxylic acids is 1. The third kappa shape index (κ3) is 4.60. The molecule has 2 aromatic rings. The van der Waals surface area contributed by atoms with Crippen LogP contribution in [0.25, 0.3) is 10.9 Å². The first-order chi connectivity index (χ1) is 12.2. The number of amides is 1. The molecule has 0 spiro atoms. The number of hydrogen-bond acceptors (Lipinski definition) is 5. The summed E-state index contributed by atoms with van der Waals surface area (Å²) in [4.78, 5) is 18.2. The third-order valence-electron chi connectivity index (χ3n) is 4.84. The van der Waals surface area contributed by atoms with E-state index in [-0.39, 0.29) is 11.8 Å². The molecular formula is C19H26N4O2. The van der Waals surface area contributed by atoms with Crippen molar-refractivity contribution < 1.29 is 9.53 Å². The molecule has 3 rings (SSSR count). The van der Waals surface area contributed by atoms with Crippen LogP contribution in [0.2, 0.25) is 0 Å². The zero-order valence-corrected chi connectivity index (χ0v) is 14.7. The fourth-order valence-electron chi connectivity index (χ4n) is 3.29. The number of methoxy groups -OCH3 is 1. The minimum atomic E-state index is -0.152. The smallest absolute Gasteiger partial charge is 0.220 e. The van der Waals surface area contributed by atoms with E-state index in [1.807, 2.05) is 24.3 Å². The summed E-state index contributed by atoms with van der Waals surface area (Å²) in [6, 6.07) is 9.95. The number of piperidine rings is 1. The fourth-order valence-corrected chi connectivity index (χ4v) is 3.29. The number of likely N-dealkylation sites (tertiary alicyclic amines) is 1. The van der Waals surface area contributed by atoms with Gasteiger partial charge in [0.2, 0.25) is 5.91 Å². The average molecular weight is 342 g/mol. The molecule has 2 heterocycles. The van der Waals surface area contributed by atoms with Crippen molar-refractivity contribution in [1.29, 1.82) is 0 Å². The van der Waals surface area contributed by atoms with Gasteiger partial charge in [0.05, 0.1) is 12.6 Å². The maximum absolute atomic E-state index is 11.2. The molecule has 25 heavy (non-hydrogen) atoms. The summed E-state index contributed by atoms with van der Waals surface area (Å²) in [7, 11) is 1.67. The molecule has 134 valence electrons. The Bertz CT molecular complexity index is 726. The highest BCUT2D eigenvalue weighted by Crippen LogP contribution is 2.21. The number of rotatable bonds is 7. The Kier molecular flexibility index (Phi) is 5.71. The lowest BCUT2D eigenvalue weighted by atomic mass is 9.96. The molecule has 0 atom stereocenters. The summed E-state index contributed by atoms with van der Waals surface area (Å²) >= 11 is 0. The second-order valence-corrected chi connectivity index (χ2v) is 6.55. The Morgan fingerprint density at radius 1 is 1.32 bits per heavy atom. The highest BCUT2D eigenvalue weighted by molar-refractivity contribution is 5.81. The molecular weight excluding hydrogens is 316 g/mol. The summed E-state index contributed by atoms with van der Waals surface area (Å²) < 4.78 is 5.24. The quantitative estimate of drug-likeness (QED) is 0.754. The summed E-state index contributed by atoms with van der Waals surface area (Å²) in [6.07, 6.45) is 2.82. The largest absolute Gasteiger partial charge is 0.497 e. The molecule has 1 fully saturated rings. The number of primary amides is 1. The number of fused-ring (bicyclic) bond motifs is 1. The lowest BCUT2D eigenvalue weighted by Gasteiger charge is -2.30. The Labute approximate surface area is 148 Å². The third-order valence-corrected chi connectivity index (χ3v) is 4.84. The van der Waals surface area contributed by atoms with E-state index in [1.165, 1.54) is 0 Å². The highest BCUT2D eigenvalue weighted by Gasteiger charge is 2.22. The van der Waals surface area contributed by atoms with E-state index < -0.39 is 0 Å². The molecule has 1 aliphatic rings. The van der Waals surface area contributed by atoms with E-state index in [0.717, 1.165) is 67.9 Å². The van der Waals surface area contributed by atoms with Crippen LogP contribution in [-0.4, -0.2) is 49.1 Å². The van der Waals surface area contributed by atoms with Crippen molar-refractivity contribution >= 4 is 22.6 Å². The molecule has 1 saturated heterocycles. The van der Waals surface area contributed by atoms with Crippen LogP contribution in [0.5, 0.6) is 5.75 Å². The van der Waals surface area contributed by atoms with Crippen LogP contribution in [0.3, 0.4) is 0 Å². The minimum Gasteiger partial charge on any atom is -0.497 e. The molecule has 0 saturated carbocycles. The van der Waals surface area contributed by atoms with Gasteiger partial charge in [-0.1, -0.05) is 0 Å². The summed E-state index contributed by atoms with van der Waals surface area (Å²) in [6.45, 7) is 3.83. The van der Waals surface area contributed by atoms with Crippen LogP contribution in [0, 0.1) is 5.92 Å². The number of hydrogen-bond donors (Lipinski definition) is 2. The van der Waals surface area contributed by atoms with Crippen molar-refractivity contribution in [2.24, 2.45) is 11.7 Å². The van der Waals surface area contributed by atoms with Crippen molar-refractivity contribution in [3.63, 3.8) is 0 Å². The second-order valence-electron chi connectivity index (χ2n) is 6.55. The lowest BCUT2D eigenvalue weighted by molar-refractivity contribution is -0.123. The Hall–Kier alpha value is -2.34. The number of anilines is 1. The fraction of sp³-hybridized carbons (Fsp3) is 0.474. The van der Waals surface area contributed by atoms with E-state index >= 15 is 0 Å². The van der Waals surface area contributed by atoms with E-state index in [9.17, 15) is 4.79 Å². The summed E-state index contributed by atoms with van der Waals surface area (Å²) in [5.74, 6) is 1.65. The van der Waals surface area contributed by atoms with Crippen LogP contribution in [0.4, 0.5) is 5.82 Å². The number of nitrogens with two attached hydrogens (primary N) is 1. The van der Waals surface area contributed by atoms with Gasteiger partial charge in [-0.25, -0.2) is 4.98 Å². The number of benzene rings is 1. The number of ether oxygens (including phenoxy) is 1. The first kappa shape index (κ1) is 17.5. The van der Waals surface area contributed by atoms with Crippen LogP contribution in [0.1, 0.15) is 19.3 Å². The predicted molar refractivity (Wildman–Crippen MR) is 99.8 cm³/mol. The van der Waals surface area contributed by atoms with Crippen LogP contribution < -0.4 is 15.8 Å². The van der Waals surface area contributed by atoms with Gasteiger partial charge in [-0.15, -0.1) is 0 Å². The van der Waals surface area contributed by atoms with Crippen molar-refractivity contribution in [3.05, 3.63) is 30.3 Å². The monoisotopic (exact) mass is 342 g/mol. The van der Waals surface area contributed by atoms with Crippen molar-refractivity contribution in [2.45, 2.75) is 19.3 Å². The Balaban J connectivity index is 1.43. The van der Waals surface area contributed by atoms with E-state index in [0.29, 0.717) is 0 Å². The first-order valence-electron chi connectivity index (χ1n) is 8.86. The predicted octanol–water partition coefficient (Wildman–Crippen LogP) is 2.24. The topological polar surface area (TPSA) is 80.5 Å². The van der Waals surface area contributed by atoms with Gasteiger partial charge >= 0.3 is 0 Å². The Morgan fingerprint density at radius 3 is 2.84 bits per heavy atom. The van der Waals surface area contributed by atoms with Gasteiger partial charge in [0.15, 0.2) is 0 Å². The highest BCUT2D eigenvalue weighted by atomic mass is 16.5. The van der Waals surface area contributed by atoms with Gasteiger partial charge in [0, 0.05) is 17.8 Å². The molecule has 3 N–H and O–H groups in total. The van der Waals surface area contributed by atoms with Gasteiger partial charge in [-0.2, -0.15) is 0 Å². The zero-order valence-electron chi connectivity index (χ0n) is 14.7. The SMILES string of the molecule is COc1ccc2nc(NCCCN3CCC(C(N)=O)CC3)ccc2c1. The van der Waals surface area contributed by atoms with Gasteiger partial charge in [-0.3, -0.25) is 4.79 Å². The summed E-state index contributed by atoms with van der Waals surface area (Å²) in [5, 5.41) is 4.46. The van der Waals surface area contributed by atoms with Crippen molar-refractivity contribution in [3.8, 4) is 5.75 Å². The van der Waals surface area contributed by atoms with Crippen LogP contribution in [0.15, 0.2) is 30.3 Å². The van der Waals surface area contributed by atoms with E-state index in [1.54, 1.807) is 7.11 Å². The molecule has 6 nitrogen and oxygen atoms in total. The number of carbonyl (C=O) groups is 1. The standard InChI is InChI=1S/C19H26N4O2/c1-25-16-4-5-17-15(13-16)3-6-18(22-17)21-9-2-10-23-11-7-14(8-12-23)19(20)24/h3-6,13-14H,2,7-12H2,1H3,(H2,20,24)(H,21,22). The molecule has 0 radical (unpaired) electrons.